The van der Waals surface area contributed by atoms with Gasteiger partial charge >= 0.3 is 0 Å². The van der Waals surface area contributed by atoms with Gasteiger partial charge in [-0.3, -0.25) is 0 Å². The van der Waals surface area contributed by atoms with Gasteiger partial charge in [0.05, 0.1) is 0 Å². The summed E-state index contributed by atoms with van der Waals surface area (Å²) in [6.45, 7) is 21.2. The topological polar surface area (TPSA) is 0 Å². The van der Waals surface area contributed by atoms with Crippen molar-refractivity contribution in [3.63, 3.8) is 0 Å². The summed E-state index contributed by atoms with van der Waals surface area (Å²) in [6.07, 6.45) is 4.31. The lowest BCUT2D eigenvalue weighted by molar-refractivity contribution is 0.746. The van der Waals surface area contributed by atoms with E-state index in [4.69, 9.17) is 0 Å². The Hall–Kier alpha value is -0.780. The molecule has 0 radical (unpaired) electrons. The third kappa shape index (κ3) is 5.95. The van der Waals surface area contributed by atoms with Crippen LogP contribution in [0.5, 0.6) is 0 Å². The van der Waals surface area contributed by atoms with Crippen molar-refractivity contribution in [3.8, 4) is 0 Å². The molecule has 0 fully saturated rings. The molecule has 0 aliphatic heterocycles. The lowest BCUT2D eigenvalue weighted by atomic mass is 9.89. The van der Waals surface area contributed by atoms with Gasteiger partial charge in [-0.25, -0.2) is 0 Å². The standard InChI is InChI=1S/C14H24.C2H6/c1-8-9-14(11(4)5)13(7)12(6)10(2)3;1-2/h8-11H,6H2,1-5,7H3;1-2H3/b9-8-,14-13+;. The maximum Gasteiger partial charge on any atom is -0.0216 e. The van der Waals surface area contributed by atoms with Crippen LogP contribution in [0, 0.1) is 11.8 Å². The van der Waals surface area contributed by atoms with Crippen LogP contribution in [0.3, 0.4) is 0 Å². The molecule has 0 aliphatic rings. The molecule has 0 aromatic carbocycles. The van der Waals surface area contributed by atoms with Gasteiger partial charge in [0.15, 0.2) is 0 Å². The Labute approximate surface area is 103 Å². The lowest BCUT2D eigenvalue weighted by Crippen LogP contribution is -2.01. The molecule has 0 atom stereocenters. The fraction of sp³-hybridized carbons (Fsp3) is 0.625. The van der Waals surface area contributed by atoms with Crippen LogP contribution < -0.4 is 0 Å². The maximum absolute atomic E-state index is 4.15. The van der Waals surface area contributed by atoms with Crippen LogP contribution in [-0.4, -0.2) is 0 Å². The summed E-state index contributed by atoms with van der Waals surface area (Å²) in [5.74, 6) is 1.11. The van der Waals surface area contributed by atoms with Crippen molar-refractivity contribution in [1.29, 1.82) is 0 Å². The second-order valence-electron chi connectivity index (χ2n) is 4.41. The molecule has 0 aromatic rings. The van der Waals surface area contributed by atoms with Crippen LogP contribution in [0.1, 0.15) is 55.4 Å². The van der Waals surface area contributed by atoms with Crippen molar-refractivity contribution in [2.45, 2.75) is 55.4 Å². The molecule has 0 amide bonds. The van der Waals surface area contributed by atoms with E-state index in [9.17, 15) is 0 Å². The quantitative estimate of drug-likeness (QED) is 0.529. The van der Waals surface area contributed by atoms with Gasteiger partial charge in [0, 0.05) is 0 Å². The predicted octanol–water partition coefficient (Wildman–Crippen LogP) is 5.77. The van der Waals surface area contributed by atoms with Gasteiger partial charge in [-0.15, -0.1) is 0 Å². The Bertz CT molecular complexity index is 249. The molecular formula is C16H30. The number of hydrogen-bond acceptors (Lipinski definition) is 0. The average Bonchev–Trinajstić information content (AvgIpc) is 2.26. The molecular weight excluding hydrogens is 192 g/mol. The fourth-order valence-electron chi connectivity index (χ4n) is 1.55. The van der Waals surface area contributed by atoms with Crippen LogP contribution in [-0.2, 0) is 0 Å². The van der Waals surface area contributed by atoms with Crippen LogP contribution >= 0.6 is 0 Å². The minimum atomic E-state index is 0.536. The monoisotopic (exact) mass is 222 g/mol. The second kappa shape index (κ2) is 9.45. The third-order valence-corrected chi connectivity index (χ3v) is 2.58. The van der Waals surface area contributed by atoms with Gasteiger partial charge in [-0.2, -0.15) is 0 Å². The van der Waals surface area contributed by atoms with Gasteiger partial charge in [0.2, 0.25) is 0 Å². The minimum absolute atomic E-state index is 0.536. The number of allylic oxidation sites excluding steroid dienone is 5. The summed E-state index contributed by atoms with van der Waals surface area (Å²) in [6, 6.07) is 0. The highest BCUT2D eigenvalue weighted by Gasteiger charge is 2.09. The summed E-state index contributed by atoms with van der Waals surface area (Å²) in [4.78, 5) is 0. The molecule has 0 aromatic heterocycles. The molecule has 0 rings (SSSR count). The highest BCUT2D eigenvalue weighted by Crippen LogP contribution is 2.25. The van der Waals surface area contributed by atoms with E-state index >= 15 is 0 Å². The molecule has 0 N–H and O–H groups in total. The summed E-state index contributed by atoms with van der Waals surface area (Å²) in [5.41, 5.74) is 4.02. The van der Waals surface area contributed by atoms with Crippen LogP contribution in [0.25, 0.3) is 0 Å². The fourth-order valence-corrected chi connectivity index (χ4v) is 1.55. The predicted molar refractivity (Wildman–Crippen MR) is 77.7 cm³/mol. The van der Waals surface area contributed by atoms with Gasteiger partial charge in [0.25, 0.3) is 0 Å². The van der Waals surface area contributed by atoms with Crippen molar-refractivity contribution < 1.29 is 0 Å². The van der Waals surface area contributed by atoms with Crippen LogP contribution in [0.2, 0.25) is 0 Å². The summed E-state index contributed by atoms with van der Waals surface area (Å²) in [5, 5.41) is 0. The zero-order chi connectivity index (χ0) is 13.3. The molecule has 0 heterocycles. The van der Waals surface area contributed by atoms with E-state index in [0.29, 0.717) is 11.8 Å². The Morgan fingerprint density at radius 2 is 1.44 bits per heavy atom. The zero-order valence-corrected chi connectivity index (χ0v) is 12.5. The second-order valence-corrected chi connectivity index (χ2v) is 4.41. The summed E-state index contributed by atoms with van der Waals surface area (Å²) >= 11 is 0. The molecule has 0 nitrogen and oxygen atoms in total. The first kappa shape index (κ1) is 17.6. The number of rotatable bonds is 4. The van der Waals surface area contributed by atoms with Gasteiger partial charge in [-0.05, 0) is 42.4 Å². The summed E-state index contributed by atoms with van der Waals surface area (Å²) in [7, 11) is 0. The number of hydrogen-bond donors (Lipinski definition) is 0. The van der Waals surface area contributed by atoms with Crippen LogP contribution in [0.4, 0.5) is 0 Å². The SMILES string of the molecule is C=C(/C(C)=C(\C=C/C)C(C)C)C(C)C.CC. The molecule has 0 heteroatoms. The molecule has 0 aliphatic carbocycles. The first-order chi connectivity index (χ1) is 7.41. The van der Waals surface area contributed by atoms with E-state index in [1.54, 1.807) is 0 Å². The normalized spacial score (nSPS) is 12.6. The Morgan fingerprint density at radius 3 is 1.69 bits per heavy atom. The van der Waals surface area contributed by atoms with Gasteiger partial charge in [0.1, 0.15) is 0 Å². The molecule has 0 saturated heterocycles. The Morgan fingerprint density at radius 1 is 1.00 bits per heavy atom. The minimum Gasteiger partial charge on any atom is -0.0953 e. The highest BCUT2D eigenvalue weighted by molar-refractivity contribution is 5.38. The molecule has 0 spiro atoms. The van der Waals surface area contributed by atoms with Crippen molar-refractivity contribution in [2.24, 2.45) is 11.8 Å². The van der Waals surface area contributed by atoms with E-state index in [-0.39, 0.29) is 0 Å². The third-order valence-electron chi connectivity index (χ3n) is 2.58. The van der Waals surface area contributed by atoms with Crippen LogP contribution in [0.15, 0.2) is 35.5 Å². The van der Waals surface area contributed by atoms with E-state index in [2.05, 4.69) is 60.3 Å². The van der Waals surface area contributed by atoms with E-state index in [1.165, 1.54) is 16.7 Å². The largest absolute Gasteiger partial charge is 0.0953 e. The van der Waals surface area contributed by atoms with Crippen molar-refractivity contribution in [3.05, 3.63) is 35.5 Å². The van der Waals surface area contributed by atoms with Gasteiger partial charge < -0.3 is 0 Å². The van der Waals surface area contributed by atoms with Gasteiger partial charge in [-0.1, -0.05) is 60.3 Å². The first-order valence-corrected chi connectivity index (χ1v) is 6.44. The highest BCUT2D eigenvalue weighted by atomic mass is 14.1. The van der Waals surface area contributed by atoms with E-state index in [0.717, 1.165) is 0 Å². The smallest absolute Gasteiger partial charge is 0.0216 e. The average molecular weight is 222 g/mol. The lowest BCUT2D eigenvalue weighted by Gasteiger charge is -2.16. The molecule has 0 saturated carbocycles. The maximum atomic E-state index is 4.15. The van der Waals surface area contributed by atoms with Crippen molar-refractivity contribution in [1.82, 2.24) is 0 Å². The molecule has 0 unspecified atom stereocenters. The molecule has 94 valence electrons. The van der Waals surface area contributed by atoms with E-state index < -0.39 is 0 Å². The first-order valence-electron chi connectivity index (χ1n) is 6.44. The molecule has 16 heavy (non-hydrogen) atoms. The Kier molecular flexibility index (Phi) is 10.4. The summed E-state index contributed by atoms with van der Waals surface area (Å²) < 4.78 is 0. The Balaban J connectivity index is 0. The zero-order valence-electron chi connectivity index (χ0n) is 12.5. The van der Waals surface area contributed by atoms with Crippen molar-refractivity contribution in [2.75, 3.05) is 0 Å². The molecule has 0 bridgehead atoms. The van der Waals surface area contributed by atoms with E-state index in [1.807, 2.05) is 13.8 Å². The van der Waals surface area contributed by atoms with Crippen molar-refractivity contribution >= 4 is 0 Å².